The number of carbonyl (C=O) groups excluding carboxylic acids is 1. The number of nitrogens with zero attached hydrogens (tertiary/aromatic N) is 5. The molecule has 148 valence electrons. The van der Waals surface area contributed by atoms with E-state index in [1.165, 1.54) is 11.8 Å². The minimum absolute atomic E-state index is 0.0674. The summed E-state index contributed by atoms with van der Waals surface area (Å²) >= 11 is 0. The van der Waals surface area contributed by atoms with Crippen LogP contribution in [0.25, 0.3) is 0 Å². The molecule has 4 rings (SSSR count). The topological polar surface area (TPSA) is 72.8 Å². The first-order valence-corrected chi connectivity index (χ1v) is 9.89. The number of hydrogen-bond acceptors (Lipinski definition) is 6. The van der Waals surface area contributed by atoms with Crippen molar-refractivity contribution >= 4 is 11.7 Å². The number of aliphatic hydroxyl groups excluding tert-OH is 1. The van der Waals surface area contributed by atoms with Crippen LogP contribution in [0.2, 0.25) is 0 Å². The summed E-state index contributed by atoms with van der Waals surface area (Å²) in [5, 5.41) is 10.7. The fraction of sp³-hybridized carbons (Fsp3) is 0.476. The van der Waals surface area contributed by atoms with Crippen LogP contribution in [-0.2, 0) is 0 Å². The summed E-state index contributed by atoms with van der Waals surface area (Å²) in [5.41, 5.74) is 1.54. The number of β-amino-alcohol motifs (C(OH)–C–C–N with tert-alkyl or cyclic N) is 1. The first kappa shape index (κ1) is 18.8. The van der Waals surface area contributed by atoms with Crippen LogP contribution < -0.4 is 4.90 Å². The summed E-state index contributed by atoms with van der Waals surface area (Å²) in [6.45, 7) is 4.43. The maximum Gasteiger partial charge on any atom is 0.274 e. The van der Waals surface area contributed by atoms with Crippen molar-refractivity contribution in [2.45, 2.75) is 18.4 Å². The SMILES string of the molecule is CN1CCN(C(=O)c2cncc(N3CC[C@H](c4ccccc4)[C@H](O)C3)n2)CC1. The number of benzene rings is 1. The summed E-state index contributed by atoms with van der Waals surface area (Å²) in [7, 11) is 2.06. The first-order valence-electron chi connectivity index (χ1n) is 9.89. The van der Waals surface area contributed by atoms with Gasteiger partial charge < -0.3 is 19.8 Å². The van der Waals surface area contributed by atoms with E-state index in [4.69, 9.17) is 0 Å². The predicted octanol–water partition coefficient (Wildman–Crippen LogP) is 1.22. The van der Waals surface area contributed by atoms with Crippen molar-refractivity contribution in [2.75, 3.05) is 51.2 Å². The number of amides is 1. The fourth-order valence-corrected chi connectivity index (χ4v) is 4.01. The quantitative estimate of drug-likeness (QED) is 0.862. The number of carbonyl (C=O) groups is 1. The molecule has 7 nitrogen and oxygen atoms in total. The molecule has 0 radical (unpaired) electrons. The van der Waals surface area contributed by atoms with Gasteiger partial charge in [-0.15, -0.1) is 0 Å². The minimum Gasteiger partial charge on any atom is -0.391 e. The highest BCUT2D eigenvalue weighted by molar-refractivity contribution is 5.92. The van der Waals surface area contributed by atoms with Crippen molar-refractivity contribution < 1.29 is 9.90 Å². The van der Waals surface area contributed by atoms with Gasteiger partial charge in [0.15, 0.2) is 0 Å². The van der Waals surface area contributed by atoms with E-state index in [1.807, 2.05) is 28.0 Å². The summed E-state index contributed by atoms with van der Waals surface area (Å²) < 4.78 is 0. The first-order chi connectivity index (χ1) is 13.6. The molecule has 2 atom stereocenters. The molecule has 0 spiro atoms. The van der Waals surface area contributed by atoms with E-state index in [0.717, 1.165) is 26.1 Å². The van der Waals surface area contributed by atoms with Crippen molar-refractivity contribution in [1.29, 1.82) is 0 Å². The summed E-state index contributed by atoms with van der Waals surface area (Å²) in [4.78, 5) is 27.7. The number of aliphatic hydroxyl groups is 1. The van der Waals surface area contributed by atoms with E-state index in [-0.39, 0.29) is 11.8 Å². The molecule has 3 heterocycles. The van der Waals surface area contributed by atoms with E-state index in [2.05, 4.69) is 34.0 Å². The molecule has 2 aliphatic rings. The molecule has 2 aliphatic heterocycles. The van der Waals surface area contributed by atoms with E-state index in [1.54, 1.807) is 6.20 Å². The van der Waals surface area contributed by atoms with Gasteiger partial charge in [-0.05, 0) is 19.0 Å². The van der Waals surface area contributed by atoms with Gasteiger partial charge in [0.1, 0.15) is 11.5 Å². The molecule has 1 aromatic heterocycles. The van der Waals surface area contributed by atoms with Crippen molar-refractivity contribution in [2.24, 2.45) is 0 Å². The average Bonchev–Trinajstić information content (AvgIpc) is 2.74. The Balaban J connectivity index is 1.44. The lowest BCUT2D eigenvalue weighted by molar-refractivity contribution is 0.0658. The Morgan fingerprint density at radius 1 is 1.07 bits per heavy atom. The van der Waals surface area contributed by atoms with Gasteiger partial charge in [0, 0.05) is 45.2 Å². The Morgan fingerprint density at radius 2 is 1.82 bits per heavy atom. The number of anilines is 1. The maximum absolute atomic E-state index is 12.8. The Kier molecular flexibility index (Phi) is 5.54. The van der Waals surface area contributed by atoms with E-state index >= 15 is 0 Å². The Labute approximate surface area is 165 Å². The molecule has 2 saturated heterocycles. The third-order valence-electron chi connectivity index (χ3n) is 5.77. The average molecular weight is 381 g/mol. The monoisotopic (exact) mass is 381 g/mol. The Bertz CT molecular complexity index is 807. The standard InChI is InChI=1S/C21H27N5O2/c1-24-9-11-25(12-10-24)21(28)18-13-22-14-20(23-18)26-8-7-17(19(27)15-26)16-5-3-2-4-6-16/h2-6,13-14,17,19,27H,7-12,15H2,1H3/t17-,19-/m1/s1. The zero-order valence-electron chi connectivity index (χ0n) is 16.2. The van der Waals surface area contributed by atoms with Gasteiger partial charge in [0.2, 0.25) is 0 Å². The van der Waals surface area contributed by atoms with Crippen LogP contribution >= 0.6 is 0 Å². The second-order valence-electron chi connectivity index (χ2n) is 7.68. The molecular weight excluding hydrogens is 354 g/mol. The Morgan fingerprint density at radius 3 is 2.54 bits per heavy atom. The van der Waals surface area contributed by atoms with E-state index in [0.29, 0.717) is 31.1 Å². The lowest BCUT2D eigenvalue weighted by atomic mass is 9.87. The van der Waals surface area contributed by atoms with Gasteiger partial charge in [-0.3, -0.25) is 9.78 Å². The summed E-state index contributed by atoms with van der Waals surface area (Å²) in [5.74, 6) is 0.716. The number of piperidine rings is 1. The van der Waals surface area contributed by atoms with Crippen LogP contribution in [0.5, 0.6) is 0 Å². The number of aromatic nitrogens is 2. The van der Waals surface area contributed by atoms with Crippen LogP contribution in [0.3, 0.4) is 0 Å². The number of likely N-dealkylation sites (N-methyl/N-ethyl adjacent to an activating group) is 1. The van der Waals surface area contributed by atoms with Crippen molar-refractivity contribution in [3.63, 3.8) is 0 Å². The lowest BCUT2D eigenvalue weighted by Gasteiger charge is -2.37. The highest BCUT2D eigenvalue weighted by Crippen LogP contribution is 2.30. The molecule has 2 fully saturated rings. The molecule has 0 bridgehead atoms. The highest BCUT2D eigenvalue weighted by atomic mass is 16.3. The van der Waals surface area contributed by atoms with Crippen LogP contribution in [0.1, 0.15) is 28.4 Å². The number of rotatable bonds is 3. The molecule has 1 N–H and O–H groups in total. The van der Waals surface area contributed by atoms with Gasteiger partial charge in [0.05, 0.1) is 18.5 Å². The minimum atomic E-state index is -0.477. The van der Waals surface area contributed by atoms with Crippen LogP contribution in [0, 0.1) is 0 Å². The predicted molar refractivity (Wildman–Crippen MR) is 107 cm³/mol. The van der Waals surface area contributed by atoms with Crippen molar-refractivity contribution in [3.05, 3.63) is 54.0 Å². The molecule has 2 aromatic rings. The van der Waals surface area contributed by atoms with Gasteiger partial charge >= 0.3 is 0 Å². The third kappa shape index (κ3) is 4.00. The summed E-state index contributed by atoms with van der Waals surface area (Å²) in [6.07, 6.45) is 3.58. The van der Waals surface area contributed by atoms with Gasteiger partial charge in [0.25, 0.3) is 5.91 Å². The third-order valence-corrected chi connectivity index (χ3v) is 5.77. The maximum atomic E-state index is 12.8. The molecule has 28 heavy (non-hydrogen) atoms. The van der Waals surface area contributed by atoms with Gasteiger partial charge in [-0.25, -0.2) is 4.98 Å². The fourth-order valence-electron chi connectivity index (χ4n) is 4.01. The van der Waals surface area contributed by atoms with Gasteiger partial charge in [-0.1, -0.05) is 30.3 Å². The molecule has 1 amide bonds. The second kappa shape index (κ2) is 8.24. The molecule has 0 aliphatic carbocycles. The second-order valence-corrected chi connectivity index (χ2v) is 7.68. The van der Waals surface area contributed by atoms with Crippen molar-refractivity contribution in [3.8, 4) is 0 Å². The summed E-state index contributed by atoms with van der Waals surface area (Å²) in [6, 6.07) is 10.1. The molecule has 0 saturated carbocycles. The van der Waals surface area contributed by atoms with Crippen LogP contribution in [-0.4, -0.2) is 83.2 Å². The van der Waals surface area contributed by atoms with Gasteiger partial charge in [-0.2, -0.15) is 0 Å². The molecule has 7 heteroatoms. The van der Waals surface area contributed by atoms with E-state index in [9.17, 15) is 9.90 Å². The number of piperazine rings is 1. The Hall–Kier alpha value is -2.51. The smallest absolute Gasteiger partial charge is 0.274 e. The molecule has 0 unspecified atom stereocenters. The lowest BCUT2D eigenvalue weighted by Crippen LogP contribution is -2.47. The highest BCUT2D eigenvalue weighted by Gasteiger charge is 2.30. The van der Waals surface area contributed by atoms with Crippen LogP contribution in [0.15, 0.2) is 42.7 Å². The normalized spacial score (nSPS) is 23.6. The van der Waals surface area contributed by atoms with Crippen LogP contribution in [0.4, 0.5) is 5.82 Å². The van der Waals surface area contributed by atoms with E-state index < -0.39 is 6.10 Å². The zero-order valence-corrected chi connectivity index (χ0v) is 16.2. The largest absolute Gasteiger partial charge is 0.391 e. The van der Waals surface area contributed by atoms with Crippen molar-refractivity contribution in [1.82, 2.24) is 19.8 Å². The molecule has 1 aromatic carbocycles. The zero-order chi connectivity index (χ0) is 19.5. The molecular formula is C21H27N5O2. The number of hydrogen-bond donors (Lipinski definition) is 1.